The Hall–Kier alpha value is -1.10. The lowest BCUT2D eigenvalue weighted by Crippen LogP contribution is -2.36. The topological polar surface area (TPSA) is 78.4 Å². The average molecular weight is 270 g/mol. The molecule has 1 rings (SSSR count). The van der Waals surface area contributed by atoms with E-state index in [9.17, 15) is 9.59 Å². The Morgan fingerprint density at radius 2 is 2.11 bits per heavy atom. The number of aliphatic carboxylic acids is 1. The maximum Gasteiger partial charge on any atom is 0.303 e. The molecule has 0 saturated carbocycles. The average Bonchev–Trinajstić information content (AvgIpc) is 2.36. The molecule has 110 valence electrons. The third-order valence-corrected chi connectivity index (χ3v) is 3.82. The Labute approximate surface area is 115 Å². The van der Waals surface area contributed by atoms with Crippen molar-refractivity contribution in [3.63, 3.8) is 0 Å². The summed E-state index contributed by atoms with van der Waals surface area (Å²) in [7, 11) is 0. The largest absolute Gasteiger partial charge is 0.481 e. The van der Waals surface area contributed by atoms with Crippen molar-refractivity contribution in [2.75, 3.05) is 19.6 Å². The Balaban J connectivity index is 2.20. The number of carboxylic acid groups (broad SMARTS) is 1. The fraction of sp³-hybridized carbons (Fsp3) is 0.857. The zero-order valence-electron chi connectivity index (χ0n) is 11.9. The van der Waals surface area contributed by atoms with Crippen LogP contribution in [0.1, 0.15) is 39.5 Å². The second-order valence-electron chi connectivity index (χ2n) is 5.79. The molecule has 0 aromatic carbocycles. The Kier molecular flexibility index (Phi) is 6.84. The van der Waals surface area contributed by atoms with Crippen molar-refractivity contribution in [3.8, 4) is 0 Å². The van der Waals surface area contributed by atoms with Crippen LogP contribution in [-0.2, 0) is 9.59 Å². The molecule has 3 N–H and O–H groups in total. The zero-order chi connectivity index (χ0) is 14.3. The highest BCUT2D eigenvalue weighted by molar-refractivity contribution is 5.76. The highest BCUT2D eigenvalue weighted by Gasteiger charge is 2.22. The summed E-state index contributed by atoms with van der Waals surface area (Å²) < 4.78 is 0. The van der Waals surface area contributed by atoms with E-state index in [2.05, 4.69) is 17.6 Å². The van der Waals surface area contributed by atoms with Crippen molar-refractivity contribution in [1.82, 2.24) is 10.6 Å². The number of carbonyl (C=O) groups excluding carboxylic acids is 1. The Morgan fingerprint density at radius 1 is 1.37 bits per heavy atom. The molecule has 0 bridgehead atoms. The van der Waals surface area contributed by atoms with Gasteiger partial charge in [-0.15, -0.1) is 0 Å². The highest BCUT2D eigenvalue weighted by Crippen LogP contribution is 2.22. The Morgan fingerprint density at radius 3 is 2.68 bits per heavy atom. The van der Waals surface area contributed by atoms with Gasteiger partial charge in [-0.2, -0.15) is 0 Å². The molecular weight excluding hydrogens is 244 g/mol. The van der Waals surface area contributed by atoms with Crippen molar-refractivity contribution >= 4 is 11.9 Å². The van der Waals surface area contributed by atoms with Gasteiger partial charge in [0.05, 0.1) is 0 Å². The molecule has 1 amide bonds. The van der Waals surface area contributed by atoms with Crippen LogP contribution < -0.4 is 10.6 Å². The highest BCUT2D eigenvalue weighted by atomic mass is 16.4. The second kappa shape index (κ2) is 8.15. The van der Waals surface area contributed by atoms with Crippen LogP contribution in [0.25, 0.3) is 0 Å². The first-order valence-electron chi connectivity index (χ1n) is 7.18. The predicted octanol–water partition coefficient (Wildman–Crippen LogP) is 1.24. The lowest BCUT2D eigenvalue weighted by molar-refractivity contribution is -0.138. The van der Waals surface area contributed by atoms with Crippen LogP contribution in [0, 0.1) is 17.8 Å². The second-order valence-corrected chi connectivity index (χ2v) is 5.79. The first-order chi connectivity index (χ1) is 8.99. The van der Waals surface area contributed by atoms with Gasteiger partial charge >= 0.3 is 5.97 Å². The fourth-order valence-corrected chi connectivity index (χ4v) is 2.55. The smallest absolute Gasteiger partial charge is 0.303 e. The SMILES string of the molecule is CC(CNC(=O)CC(C)C1CCCNC1)CC(=O)O. The summed E-state index contributed by atoms with van der Waals surface area (Å²) >= 11 is 0. The van der Waals surface area contributed by atoms with Crippen molar-refractivity contribution in [1.29, 1.82) is 0 Å². The molecule has 0 radical (unpaired) electrons. The molecule has 5 heteroatoms. The molecule has 3 atom stereocenters. The van der Waals surface area contributed by atoms with Gasteiger partial charge in [-0.05, 0) is 43.7 Å². The van der Waals surface area contributed by atoms with Gasteiger partial charge in [-0.1, -0.05) is 13.8 Å². The maximum atomic E-state index is 11.8. The first kappa shape index (κ1) is 16.0. The van der Waals surface area contributed by atoms with Gasteiger partial charge in [-0.25, -0.2) is 0 Å². The van der Waals surface area contributed by atoms with E-state index in [1.54, 1.807) is 0 Å². The third-order valence-electron chi connectivity index (χ3n) is 3.82. The lowest BCUT2D eigenvalue weighted by atomic mass is 9.85. The summed E-state index contributed by atoms with van der Waals surface area (Å²) in [6.45, 7) is 6.49. The normalized spacial score (nSPS) is 22.5. The minimum absolute atomic E-state index is 0.0203. The minimum atomic E-state index is -0.816. The summed E-state index contributed by atoms with van der Waals surface area (Å²) in [5, 5.41) is 14.8. The molecule has 1 heterocycles. The summed E-state index contributed by atoms with van der Waals surface area (Å²) in [4.78, 5) is 22.3. The number of piperidine rings is 1. The lowest BCUT2D eigenvalue weighted by Gasteiger charge is -2.28. The number of nitrogens with one attached hydrogen (secondary N) is 2. The quantitative estimate of drug-likeness (QED) is 0.650. The number of amides is 1. The Bertz CT molecular complexity index is 301. The van der Waals surface area contributed by atoms with Gasteiger partial charge in [0.25, 0.3) is 0 Å². The summed E-state index contributed by atoms with van der Waals surface area (Å²) in [5.41, 5.74) is 0. The van der Waals surface area contributed by atoms with Crippen molar-refractivity contribution in [3.05, 3.63) is 0 Å². The molecule has 0 aliphatic carbocycles. The zero-order valence-corrected chi connectivity index (χ0v) is 11.9. The third kappa shape index (κ3) is 6.57. The molecule has 1 aliphatic rings. The van der Waals surface area contributed by atoms with E-state index in [-0.39, 0.29) is 18.2 Å². The molecular formula is C14H26N2O3. The molecule has 0 aromatic heterocycles. The number of rotatable bonds is 7. The molecule has 1 saturated heterocycles. The van der Waals surface area contributed by atoms with Crippen LogP contribution >= 0.6 is 0 Å². The van der Waals surface area contributed by atoms with E-state index in [4.69, 9.17) is 5.11 Å². The summed E-state index contributed by atoms with van der Waals surface area (Å²) in [6.07, 6.45) is 3.01. The summed E-state index contributed by atoms with van der Waals surface area (Å²) in [5.74, 6) is 0.158. The van der Waals surface area contributed by atoms with Gasteiger partial charge in [0.1, 0.15) is 0 Å². The van der Waals surface area contributed by atoms with Crippen molar-refractivity contribution in [2.24, 2.45) is 17.8 Å². The van der Waals surface area contributed by atoms with E-state index in [0.29, 0.717) is 24.8 Å². The molecule has 19 heavy (non-hydrogen) atoms. The van der Waals surface area contributed by atoms with E-state index in [1.807, 2.05) is 6.92 Å². The minimum Gasteiger partial charge on any atom is -0.481 e. The van der Waals surface area contributed by atoms with Crippen LogP contribution in [-0.4, -0.2) is 36.6 Å². The number of carbonyl (C=O) groups is 2. The van der Waals surface area contributed by atoms with Crippen LogP contribution in [0.2, 0.25) is 0 Å². The number of carboxylic acids is 1. The standard InChI is InChI=1S/C14H26N2O3/c1-10(6-14(18)19)8-16-13(17)7-11(2)12-4-3-5-15-9-12/h10-12,15H,3-9H2,1-2H3,(H,16,17)(H,18,19). The van der Waals surface area contributed by atoms with Crippen LogP contribution in [0.15, 0.2) is 0 Å². The maximum absolute atomic E-state index is 11.8. The fourth-order valence-electron chi connectivity index (χ4n) is 2.55. The van der Waals surface area contributed by atoms with Gasteiger partial charge in [-0.3, -0.25) is 9.59 Å². The first-order valence-corrected chi connectivity index (χ1v) is 7.18. The summed E-state index contributed by atoms with van der Waals surface area (Å²) in [6, 6.07) is 0. The molecule has 1 aliphatic heterocycles. The van der Waals surface area contributed by atoms with E-state index in [1.165, 1.54) is 12.8 Å². The van der Waals surface area contributed by atoms with Crippen LogP contribution in [0.4, 0.5) is 0 Å². The van der Waals surface area contributed by atoms with Crippen molar-refractivity contribution in [2.45, 2.75) is 39.5 Å². The molecule has 5 nitrogen and oxygen atoms in total. The predicted molar refractivity (Wildman–Crippen MR) is 73.8 cm³/mol. The number of hydrogen-bond acceptors (Lipinski definition) is 3. The van der Waals surface area contributed by atoms with Crippen molar-refractivity contribution < 1.29 is 14.7 Å². The van der Waals surface area contributed by atoms with Gasteiger partial charge in [0, 0.05) is 19.4 Å². The van der Waals surface area contributed by atoms with Gasteiger partial charge < -0.3 is 15.7 Å². The monoisotopic (exact) mass is 270 g/mol. The van der Waals surface area contributed by atoms with Crippen LogP contribution in [0.5, 0.6) is 0 Å². The van der Waals surface area contributed by atoms with Gasteiger partial charge in [0.2, 0.25) is 5.91 Å². The molecule has 0 aromatic rings. The van der Waals surface area contributed by atoms with E-state index >= 15 is 0 Å². The van der Waals surface area contributed by atoms with E-state index in [0.717, 1.165) is 13.1 Å². The molecule has 0 spiro atoms. The van der Waals surface area contributed by atoms with Gasteiger partial charge in [0.15, 0.2) is 0 Å². The van der Waals surface area contributed by atoms with Crippen LogP contribution in [0.3, 0.4) is 0 Å². The molecule has 1 fully saturated rings. The molecule has 3 unspecified atom stereocenters. The number of hydrogen-bond donors (Lipinski definition) is 3. The van der Waals surface area contributed by atoms with E-state index < -0.39 is 5.97 Å².